The lowest BCUT2D eigenvalue weighted by atomic mass is 9.99. The molecule has 0 radical (unpaired) electrons. The maximum absolute atomic E-state index is 2.30. The molecular weight excluding hydrogens is 362 g/mol. The van der Waals surface area contributed by atoms with Crippen LogP contribution in [0, 0.1) is 0 Å². The molecule has 0 aliphatic rings. The Kier molecular flexibility index (Phi) is 4.78. The molecule has 5 aromatic rings. The molecule has 144 valence electrons. The van der Waals surface area contributed by atoms with Gasteiger partial charge >= 0.3 is 0 Å². The molecule has 0 spiro atoms. The van der Waals surface area contributed by atoms with Crippen molar-refractivity contribution in [2.24, 2.45) is 0 Å². The van der Waals surface area contributed by atoms with Gasteiger partial charge < -0.3 is 4.90 Å². The van der Waals surface area contributed by atoms with Crippen LogP contribution in [0.2, 0.25) is 0 Å². The minimum absolute atomic E-state index is 1.20. The topological polar surface area (TPSA) is 3.24 Å². The van der Waals surface area contributed by atoms with Gasteiger partial charge in [0.25, 0.3) is 0 Å². The Labute approximate surface area is 177 Å². The molecule has 0 N–H and O–H groups in total. The number of benzene rings is 5. The Morgan fingerprint density at radius 3 is 1.87 bits per heavy atom. The number of fused-ring (bicyclic) bond motifs is 1. The first-order valence-corrected chi connectivity index (χ1v) is 10.3. The summed E-state index contributed by atoms with van der Waals surface area (Å²) in [4.78, 5) is 2.30. The highest BCUT2D eigenvalue weighted by atomic mass is 15.1. The van der Waals surface area contributed by atoms with E-state index >= 15 is 0 Å². The maximum Gasteiger partial charge on any atom is 0.0487 e. The first kappa shape index (κ1) is 18.2. The molecule has 0 unspecified atom stereocenters. The van der Waals surface area contributed by atoms with Gasteiger partial charge in [-0.05, 0) is 40.3 Å². The standard InChI is InChI=1S/C29H23N/c1-30(28-17-9-8-16-26(28)23-13-6-3-7-14-23)29-18-10-15-25-21-24(19-20-27(25)29)22-11-4-2-5-12-22/h2-21H,1H3. The van der Waals surface area contributed by atoms with Gasteiger partial charge in [0.15, 0.2) is 0 Å². The van der Waals surface area contributed by atoms with E-state index in [9.17, 15) is 0 Å². The number of rotatable bonds is 4. The van der Waals surface area contributed by atoms with E-state index in [4.69, 9.17) is 0 Å². The molecule has 5 rings (SSSR count). The highest BCUT2D eigenvalue weighted by molar-refractivity contribution is 5.99. The molecule has 0 aliphatic carbocycles. The molecule has 0 amide bonds. The molecule has 5 aromatic carbocycles. The number of hydrogen-bond donors (Lipinski definition) is 0. The number of anilines is 2. The van der Waals surface area contributed by atoms with Gasteiger partial charge in [-0.25, -0.2) is 0 Å². The van der Waals surface area contributed by atoms with Crippen LogP contribution in [0.15, 0.2) is 121 Å². The molecule has 0 aliphatic heterocycles. The zero-order valence-electron chi connectivity index (χ0n) is 17.0. The Balaban J connectivity index is 1.61. The van der Waals surface area contributed by atoms with Crippen molar-refractivity contribution in [3.8, 4) is 22.3 Å². The summed E-state index contributed by atoms with van der Waals surface area (Å²) in [5, 5.41) is 2.50. The average Bonchev–Trinajstić information content (AvgIpc) is 2.84. The van der Waals surface area contributed by atoms with E-state index in [0.717, 1.165) is 0 Å². The fourth-order valence-electron chi connectivity index (χ4n) is 4.13. The van der Waals surface area contributed by atoms with Crippen molar-refractivity contribution in [1.29, 1.82) is 0 Å². The molecule has 0 saturated heterocycles. The van der Waals surface area contributed by atoms with Crippen LogP contribution in [0.1, 0.15) is 0 Å². The molecule has 0 aromatic heterocycles. The van der Waals surface area contributed by atoms with Crippen LogP contribution in [0.4, 0.5) is 11.4 Å². The van der Waals surface area contributed by atoms with E-state index in [1.807, 2.05) is 0 Å². The third-order valence-corrected chi connectivity index (χ3v) is 5.68. The summed E-state index contributed by atoms with van der Waals surface area (Å²) < 4.78 is 0. The van der Waals surface area contributed by atoms with Gasteiger partial charge in [0.2, 0.25) is 0 Å². The van der Waals surface area contributed by atoms with Gasteiger partial charge in [0, 0.05) is 29.4 Å². The number of nitrogens with zero attached hydrogens (tertiary/aromatic N) is 1. The van der Waals surface area contributed by atoms with Gasteiger partial charge in [0.1, 0.15) is 0 Å². The normalized spacial score (nSPS) is 10.8. The zero-order chi connectivity index (χ0) is 20.3. The van der Waals surface area contributed by atoms with E-state index in [-0.39, 0.29) is 0 Å². The van der Waals surface area contributed by atoms with Gasteiger partial charge in [-0.15, -0.1) is 0 Å². The second-order valence-electron chi connectivity index (χ2n) is 7.52. The van der Waals surface area contributed by atoms with Crippen molar-refractivity contribution in [2.75, 3.05) is 11.9 Å². The lowest BCUT2D eigenvalue weighted by Crippen LogP contribution is -2.11. The van der Waals surface area contributed by atoms with Crippen molar-refractivity contribution < 1.29 is 0 Å². The van der Waals surface area contributed by atoms with E-state index in [1.165, 1.54) is 44.4 Å². The monoisotopic (exact) mass is 385 g/mol. The van der Waals surface area contributed by atoms with Gasteiger partial charge in [0.05, 0.1) is 0 Å². The van der Waals surface area contributed by atoms with Crippen molar-refractivity contribution in [3.63, 3.8) is 0 Å². The largest absolute Gasteiger partial charge is 0.344 e. The molecule has 0 heterocycles. The fraction of sp³-hybridized carbons (Fsp3) is 0.0345. The van der Waals surface area contributed by atoms with Crippen molar-refractivity contribution in [3.05, 3.63) is 121 Å². The van der Waals surface area contributed by atoms with Crippen LogP contribution in [-0.2, 0) is 0 Å². The van der Waals surface area contributed by atoms with E-state index in [2.05, 4.69) is 133 Å². The third-order valence-electron chi connectivity index (χ3n) is 5.68. The first-order valence-electron chi connectivity index (χ1n) is 10.3. The van der Waals surface area contributed by atoms with Gasteiger partial charge in [-0.3, -0.25) is 0 Å². The molecule has 1 heteroatoms. The quantitative estimate of drug-likeness (QED) is 0.303. The molecule has 0 bridgehead atoms. The maximum atomic E-state index is 2.30. The van der Waals surface area contributed by atoms with Gasteiger partial charge in [-0.2, -0.15) is 0 Å². The molecule has 1 nitrogen and oxygen atoms in total. The number of para-hydroxylation sites is 1. The van der Waals surface area contributed by atoms with Crippen LogP contribution < -0.4 is 4.90 Å². The lowest BCUT2D eigenvalue weighted by Gasteiger charge is -2.24. The molecule has 0 fully saturated rings. The second-order valence-corrected chi connectivity index (χ2v) is 7.52. The molecule has 30 heavy (non-hydrogen) atoms. The van der Waals surface area contributed by atoms with E-state index in [0.29, 0.717) is 0 Å². The minimum Gasteiger partial charge on any atom is -0.344 e. The van der Waals surface area contributed by atoms with Crippen molar-refractivity contribution in [1.82, 2.24) is 0 Å². The first-order chi connectivity index (χ1) is 14.8. The Morgan fingerprint density at radius 2 is 1.10 bits per heavy atom. The summed E-state index contributed by atoms with van der Waals surface area (Å²) in [5.41, 5.74) is 7.35. The van der Waals surface area contributed by atoms with Crippen LogP contribution in [0.3, 0.4) is 0 Å². The summed E-state index contributed by atoms with van der Waals surface area (Å²) in [6, 6.07) is 43.0. The van der Waals surface area contributed by atoms with E-state index in [1.54, 1.807) is 0 Å². The second kappa shape index (κ2) is 7.88. The Hall–Kier alpha value is -3.84. The lowest BCUT2D eigenvalue weighted by molar-refractivity contribution is 1.22. The SMILES string of the molecule is CN(c1ccccc1-c1ccccc1)c1cccc2cc(-c3ccccc3)ccc12. The predicted octanol–water partition coefficient (Wildman–Crippen LogP) is 7.94. The highest BCUT2D eigenvalue weighted by Crippen LogP contribution is 2.37. The molecule has 0 saturated carbocycles. The minimum atomic E-state index is 1.20. The Morgan fingerprint density at radius 1 is 0.467 bits per heavy atom. The van der Waals surface area contributed by atoms with Crippen LogP contribution in [0.5, 0.6) is 0 Å². The summed E-state index contributed by atoms with van der Waals surface area (Å²) in [6.07, 6.45) is 0. The average molecular weight is 386 g/mol. The summed E-state index contributed by atoms with van der Waals surface area (Å²) >= 11 is 0. The predicted molar refractivity (Wildman–Crippen MR) is 129 cm³/mol. The van der Waals surface area contributed by atoms with Crippen LogP contribution >= 0.6 is 0 Å². The highest BCUT2D eigenvalue weighted by Gasteiger charge is 2.13. The van der Waals surface area contributed by atoms with Crippen molar-refractivity contribution >= 4 is 22.1 Å². The zero-order valence-corrected chi connectivity index (χ0v) is 17.0. The summed E-state index contributed by atoms with van der Waals surface area (Å²) in [6.45, 7) is 0. The van der Waals surface area contributed by atoms with E-state index < -0.39 is 0 Å². The Bertz CT molecular complexity index is 1290. The summed E-state index contributed by atoms with van der Waals surface area (Å²) in [7, 11) is 2.15. The molecule has 0 atom stereocenters. The van der Waals surface area contributed by atoms with Crippen LogP contribution in [0.25, 0.3) is 33.0 Å². The summed E-state index contributed by atoms with van der Waals surface area (Å²) in [5.74, 6) is 0. The van der Waals surface area contributed by atoms with Crippen molar-refractivity contribution in [2.45, 2.75) is 0 Å². The fourth-order valence-corrected chi connectivity index (χ4v) is 4.13. The number of hydrogen-bond acceptors (Lipinski definition) is 1. The molecular formula is C29H23N. The smallest absolute Gasteiger partial charge is 0.0487 e. The van der Waals surface area contributed by atoms with Crippen LogP contribution in [-0.4, -0.2) is 7.05 Å². The van der Waals surface area contributed by atoms with Gasteiger partial charge in [-0.1, -0.05) is 103 Å². The third kappa shape index (κ3) is 3.35.